The maximum Gasteiger partial charge on any atom is 0.290 e. The zero-order valence-electron chi connectivity index (χ0n) is 14.7. The van der Waals surface area contributed by atoms with E-state index >= 15 is 0 Å². The summed E-state index contributed by atoms with van der Waals surface area (Å²) >= 11 is 0. The molecule has 24 heavy (non-hydrogen) atoms. The Balaban J connectivity index is 2.23. The predicted molar refractivity (Wildman–Crippen MR) is 93.6 cm³/mol. The number of aliphatic hydroxyl groups is 1. The molecule has 5 heteroatoms. The highest BCUT2D eigenvalue weighted by molar-refractivity contribution is 6.08. The van der Waals surface area contributed by atoms with E-state index in [1.165, 1.54) is 6.92 Å². The van der Waals surface area contributed by atoms with E-state index in [1.54, 1.807) is 4.90 Å². The molecule has 1 aliphatic heterocycles. The van der Waals surface area contributed by atoms with Crippen LogP contribution in [-0.2, 0) is 9.59 Å². The third-order valence-corrected chi connectivity index (χ3v) is 4.57. The van der Waals surface area contributed by atoms with Gasteiger partial charge in [-0.05, 0) is 38.5 Å². The van der Waals surface area contributed by atoms with Gasteiger partial charge < -0.3 is 14.9 Å². The largest absolute Gasteiger partial charge is 0.503 e. The number of rotatable bonds is 8. The second-order valence-electron chi connectivity index (χ2n) is 6.01. The van der Waals surface area contributed by atoms with Gasteiger partial charge in [-0.1, -0.05) is 44.2 Å². The van der Waals surface area contributed by atoms with Crippen molar-refractivity contribution in [3.8, 4) is 0 Å². The Kier molecular flexibility index (Phi) is 6.15. The average Bonchev–Trinajstić information content (AvgIpc) is 2.84. The summed E-state index contributed by atoms with van der Waals surface area (Å²) in [5, 5.41) is 10.2. The lowest BCUT2D eigenvalue weighted by Crippen LogP contribution is -2.34. The molecule has 0 bridgehead atoms. The number of benzene rings is 1. The number of aliphatic hydroxyl groups excluding tert-OH is 1. The molecule has 1 amide bonds. The number of ketones is 1. The molecule has 0 aromatic heterocycles. The molecule has 0 aliphatic carbocycles. The molecule has 1 heterocycles. The van der Waals surface area contributed by atoms with E-state index in [4.69, 9.17) is 0 Å². The van der Waals surface area contributed by atoms with Gasteiger partial charge in [-0.15, -0.1) is 0 Å². The predicted octanol–water partition coefficient (Wildman–Crippen LogP) is 2.70. The van der Waals surface area contributed by atoms with Crippen LogP contribution in [0.25, 0.3) is 0 Å². The van der Waals surface area contributed by atoms with Gasteiger partial charge in [-0.2, -0.15) is 0 Å². The van der Waals surface area contributed by atoms with Gasteiger partial charge in [0.25, 0.3) is 5.91 Å². The Morgan fingerprint density at radius 1 is 1.21 bits per heavy atom. The van der Waals surface area contributed by atoms with Crippen molar-refractivity contribution in [1.82, 2.24) is 9.80 Å². The highest BCUT2D eigenvalue weighted by Gasteiger charge is 2.41. The van der Waals surface area contributed by atoms with E-state index < -0.39 is 17.7 Å². The third-order valence-electron chi connectivity index (χ3n) is 4.57. The summed E-state index contributed by atoms with van der Waals surface area (Å²) in [5.41, 5.74) is 1.05. The van der Waals surface area contributed by atoms with Gasteiger partial charge in [0.1, 0.15) is 0 Å². The number of carbonyl (C=O) groups is 2. The minimum absolute atomic E-state index is 0.203. The van der Waals surface area contributed by atoms with Crippen LogP contribution in [-0.4, -0.2) is 52.8 Å². The topological polar surface area (TPSA) is 60.9 Å². The van der Waals surface area contributed by atoms with E-state index in [1.807, 2.05) is 30.3 Å². The highest BCUT2D eigenvalue weighted by Crippen LogP contribution is 2.37. The lowest BCUT2D eigenvalue weighted by molar-refractivity contribution is -0.129. The zero-order chi connectivity index (χ0) is 17.7. The molecule has 130 valence electrons. The molecule has 1 aliphatic rings. The van der Waals surface area contributed by atoms with Crippen LogP contribution in [0.1, 0.15) is 38.8 Å². The molecule has 1 atom stereocenters. The maximum atomic E-state index is 12.5. The minimum Gasteiger partial charge on any atom is -0.503 e. The molecular weight excluding hydrogens is 304 g/mol. The zero-order valence-corrected chi connectivity index (χ0v) is 14.7. The van der Waals surface area contributed by atoms with Crippen LogP contribution in [0, 0.1) is 0 Å². The van der Waals surface area contributed by atoms with Gasteiger partial charge in [0, 0.05) is 6.54 Å². The summed E-state index contributed by atoms with van der Waals surface area (Å²) in [5.74, 6) is -1.12. The van der Waals surface area contributed by atoms with Gasteiger partial charge in [-0.25, -0.2) is 0 Å². The smallest absolute Gasteiger partial charge is 0.290 e. The van der Waals surface area contributed by atoms with Crippen LogP contribution in [0.15, 0.2) is 41.7 Å². The summed E-state index contributed by atoms with van der Waals surface area (Å²) < 4.78 is 0. The minimum atomic E-state index is -0.493. The number of nitrogens with zero attached hydrogens (tertiary/aromatic N) is 2. The highest BCUT2D eigenvalue weighted by atomic mass is 16.3. The summed E-state index contributed by atoms with van der Waals surface area (Å²) in [4.78, 5) is 28.4. The fourth-order valence-electron chi connectivity index (χ4n) is 3.23. The monoisotopic (exact) mass is 330 g/mol. The van der Waals surface area contributed by atoms with Gasteiger partial charge in [0.15, 0.2) is 11.5 Å². The third kappa shape index (κ3) is 3.67. The van der Waals surface area contributed by atoms with E-state index in [-0.39, 0.29) is 11.4 Å². The number of carbonyl (C=O) groups excluding carboxylic acids is 2. The van der Waals surface area contributed by atoms with Crippen molar-refractivity contribution < 1.29 is 14.7 Å². The standard InChI is InChI=1S/C19H26N2O3/c1-4-20(5-2)12-9-13-21-17(15-10-7-6-8-11-15)16(14(3)22)18(23)19(21)24/h6-8,10-11,17,23H,4-5,9,12-13H2,1-3H3/t17-/m0/s1. The number of hydrogen-bond acceptors (Lipinski definition) is 4. The first-order valence-electron chi connectivity index (χ1n) is 8.53. The summed E-state index contributed by atoms with van der Waals surface area (Å²) in [6.07, 6.45) is 0.801. The Morgan fingerprint density at radius 2 is 1.83 bits per heavy atom. The first-order chi connectivity index (χ1) is 11.5. The summed E-state index contributed by atoms with van der Waals surface area (Å²) in [7, 11) is 0. The van der Waals surface area contributed by atoms with E-state index in [0.717, 1.165) is 31.6 Å². The Morgan fingerprint density at radius 3 is 2.38 bits per heavy atom. The van der Waals surface area contributed by atoms with Crippen molar-refractivity contribution in [2.24, 2.45) is 0 Å². The second kappa shape index (κ2) is 8.11. The van der Waals surface area contributed by atoms with Crippen molar-refractivity contribution in [2.75, 3.05) is 26.2 Å². The van der Waals surface area contributed by atoms with Crippen LogP contribution < -0.4 is 0 Å². The van der Waals surface area contributed by atoms with Crippen LogP contribution in [0.2, 0.25) is 0 Å². The molecule has 1 aromatic carbocycles. The molecule has 0 saturated heterocycles. The molecule has 0 unspecified atom stereocenters. The SMILES string of the molecule is CCN(CC)CCCN1C(=O)C(O)=C(C(C)=O)[C@@H]1c1ccccc1. The molecule has 0 saturated carbocycles. The van der Waals surface area contributed by atoms with Crippen molar-refractivity contribution in [1.29, 1.82) is 0 Å². The van der Waals surface area contributed by atoms with E-state index in [2.05, 4.69) is 18.7 Å². The van der Waals surface area contributed by atoms with Crippen molar-refractivity contribution >= 4 is 11.7 Å². The molecule has 0 radical (unpaired) electrons. The van der Waals surface area contributed by atoms with Crippen LogP contribution in [0.5, 0.6) is 0 Å². The van der Waals surface area contributed by atoms with Gasteiger partial charge in [0.2, 0.25) is 0 Å². The summed E-state index contributed by atoms with van der Waals surface area (Å²) in [6, 6.07) is 8.92. The molecule has 1 aromatic rings. The molecule has 5 nitrogen and oxygen atoms in total. The average molecular weight is 330 g/mol. The van der Waals surface area contributed by atoms with Gasteiger partial charge >= 0.3 is 0 Å². The first kappa shape index (κ1) is 18.2. The van der Waals surface area contributed by atoms with E-state index in [9.17, 15) is 14.7 Å². The normalized spacial score (nSPS) is 17.9. The van der Waals surface area contributed by atoms with E-state index in [0.29, 0.717) is 6.54 Å². The maximum absolute atomic E-state index is 12.5. The Hall–Kier alpha value is -2.14. The Labute approximate surface area is 143 Å². The molecular formula is C19H26N2O3. The lowest BCUT2D eigenvalue weighted by atomic mass is 9.97. The van der Waals surface area contributed by atoms with Crippen LogP contribution in [0.4, 0.5) is 0 Å². The van der Waals surface area contributed by atoms with Crippen molar-refractivity contribution in [3.05, 3.63) is 47.2 Å². The van der Waals surface area contributed by atoms with Gasteiger partial charge in [-0.3, -0.25) is 9.59 Å². The number of Topliss-reactive ketones (excluding diaryl/α,β-unsaturated/α-hetero) is 1. The van der Waals surface area contributed by atoms with Crippen molar-refractivity contribution in [3.63, 3.8) is 0 Å². The quantitative estimate of drug-likeness (QED) is 0.796. The Bertz CT molecular complexity index is 621. The van der Waals surface area contributed by atoms with Crippen LogP contribution >= 0.6 is 0 Å². The molecule has 2 rings (SSSR count). The fourth-order valence-corrected chi connectivity index (χ4v) is 3.23. The fraction of sp³-hybridized carbons (Fsp3) is 0.474. The number of hydrogen-bond donors (Lipinski definition) is 1. The second-order valence-corrected chi connectivity index (χ2v) is 6.01. The number of amides is 1. The summed E-state index contributed by atoms with van der Waals surface area (Å²) in [6.45, 7) is 8.94. The lowest BCUT2D eigenvalue weighted by Gasteiger charge is -2.27. The first-order valence-corrected chi connectivity index (χ1v) is 8.53. The molecule has 0 spiro atoms. The van der Waals surface area contributed by atoms with Crippen LogP contribution in [0.3, 0.4) is 0 Å². The van der Waals surface area contributed by atoms with Crippen molar-refractivity contribution in [2.45, 2.75) is 33.2 Å². The van der Waals surface area contributed by atoms with Gasteiger partial charge in [0.05, 0.1) is 11.6 Å². The molecule has 1 N–H and O–H groups in total. The molecule has 0 fully saturated rings.